The van der Waals surface area contributed by atoms with Gasteiger partial charge in [0.2, 0.25) is 0 Å². The van der Waals surface area contributed by atoms with E-state index < -0.39 is 0 Å². The van der Waals surface area contributed by atoms with Crippen LogP contribution in [-0.2, 0) is 0 Å². The molecule has 0 saturated carbocycles. The zero-order valence-corrected chi connectivity index (χ0v) is 11.2. The Balaban J connectivity index is 2.37. The molecule has 1 aromatic carbocycles. The van der Waals surface area contributed by atoms with Gasteiger partial charge in [0.1, 0.15) is 0 Å². The van der Waals surface area contributed by atoms with Crippen molar-refractivity contribution in [1.29, 1.82) is 0 Å². The van der Waals surface area contributed by atoms with Crippen LogP contribution in [0.15, 0.2) is 41.2 Å². The van der Waals surface area contributed by atoms with E-state index in [0.29, 0.717) is 0 Å². The molecule has 0 saturated heterocycles. The first-order valence-electron chi connectivity index (χ1n) is 4.65. The fraction of sp³-hybridized carbons (Fsp3) is 0.0909. The van der Waals surface area contributed by atoms with Crippen LogP contribution in [0.3, 0.4) is 0 Å². The van der Waals surface area contributed by atoms with Crippen LogP contribution < -0.4 is 11.3 Å². The highest BCUT2D eigenvalue weighted by molar-refractivity contribution is 14.1. The fourth-order valence-corrected chi connectivity index (χ4v) is 2.04. The van der Waals surface area contributed by atoms with Crippen LogP contribution in [0.4, 0.5) is 0 Å². The summed E-state index contributed by atoms with van der Waals surface area (Å²) in [5.74, 6) is 5.55. The minimum absolute atomic E-state index is 0.103. The molecule has 0 aliphatic carbocycles. The van der Waals surface area contributed by atoms with Gasteiger partial charge in [-0.2, -0.15) is 0 Å². The summed E-state index contributed by atoms with van der Waals surface area (Å²) >= 11 is 8.26. The predicted molar refractivity (Wildman–Crippen MR) is 72.0 cm³/mol. The predicted octanol–water partition coefficient (Wildman–Crippen LogP) is 3.09. The van der Waals surface area contributed by atoms with Crippen LogP contribution in [0, 0.1) is 3.57 Å². The van der Waals surface area contributed by atoms with E-state index in [0.717, 1.165) is 19.7 Å². The summed E-state index contributed by atoms with van der Waals surface area (Å²) in [4.78, 5) is 0. The molecule has 0 fully saturated rings. The maximum Gasteiger partial charge on any atom is 0.0954 e. The average molecular weight is 349 g/mol. The molecular formula is C11H10ClIN2O. The first-order valence-corrected chi connectivity index (χ1v) is 6.11. The van der Waals surface area contributed by atoms with E-state index in [1.165, 1.54) is 0 Å². The van der Waals surface area contributed by atoms with Crippen molar-refractivity contribution in [3.63, 3.8) is 0 Å². The lowest BCUT2D eigenvalue weighted by molar-refractivity contribution is 0.553. The van der Waals surface area contributed by atoms with Gasteiger partial charge in [0.25, 0.3) is 0 Å². The monoisotopic (exact) mass is 348 g/mol. The Labute approximate surface area is 112 Å². The molecule has 1 unspecified atom stereocenters. The number of nitrogens with two attached hydrogens (primary N) is 1. The van der Waals surface area contributed by atoms with Gasteiger partial charge in [-0.1, -0.05) is 17.7 Å². The number of nitrogens with one attached hydrogen (secondary N) is 1. The molecule has 1 heterocycles. The quantitative estimate of drug-likeness (QED) is 0.509. The number of furan rings is 1. The summed E-state index contributed by atoms with van der Waals surface area (Å²) in [7, 11) is 0. The number of rotatable bonds is 3. The largest absolute Gasteiger partial charge is 0.472 e. The molecule has 0 aliphatic heterocycles. The van der Waals surface area contributed by atoms with Crippen molar-refractivity contribution in [2.24, 2.45) is 5.84 Å². The van der Waals surface area contributed by atoms with Crippen molar-refractivity contribution in [2.75, 3.05) is 0 Å². The molecular weight excluding hydrogens is 338 g/mol. The average Bonchev–Trinajstić information content (AvgIpc) is 2.78. The van der Waals surface area contributed by atoms with Crippen LogP contribution in [0.25, 0.3) is 0 Å². The van der Waals surface area contributed by atoms with Crippen LogP contribution >= 0.6 is 34.2 Å². The molecule has 3 nitrogen and oxygen atoms in total. The fourth-order valence-electron chi connectivity index (χ4n) is 1.52. The summed E-state index contributed by atoms with van der Waals surface area (Å²) in [6.07, 6.45) is 3.28. The molecule has 0 amide bonds. The second-order valence-corrected chi connectivity index (χ2v) is 4.90. The van der Waals surface area contributed by atoms with Crippen molar-refractivity contribution < 1.29 is 4.42 Å². The van der Waals surface area contributed by atoms with Crippen molar-refractivity contribution in [3.8, 4) is 0 Å². The number of benzene rings is 1. The van der Waals surface area contributed by atoms with E-state index in [1.54, 1.807) is 12.5 Å². The van der Waals surface area contributed by atoms with E-state index in [-0.39, 0.29) is 6.04 Å². The number of halogens is 2. The van der Waals surface area contributed by atoms with E-state index in [2.05, 4.69) is 28.0 Å². The van der Waals surface area contributed by atoms with Crippen LogP contribution in [0.2, 0.25) is 5.02 Å². The molecule has 1 atom stereocenters. The van der Waals surface area contributed by atoms with E-state index in [1.807, 2.05) is 24.3 Å². The van der Waals surface area contributed by atoms with E-state index in [9.17, 15) is 0 Å². The first-order chi connectivity index (χ1) is 7.72. The highest BCUT2D eigenvalue weighted by Gasteiger charge is 2.14. The molecule has 0 bridgehead atoms. The molecule has 16 heavy (non-hydrogen) atoms. The topological polar surface area (TPSA) is 51.2 Å². The van der Waals surface area contributed by atoms with Crippen LogP contribution in [0.5, 0.6) is 0 Å². The lowest BCUT2D eigenvalue weighted by Crippen LogP contribution is -2.28. The second-order valence-electron chi connectivity index (χ2n) is 3.33. The Bertz CT molecular complexity index is 473. The third-order valence-corrected chi connectivity index (χ3v) is 3.89. The lowest BCUT2D eigenvalue weighted by Gasteiger charge is -2.15. The molecule has 1 aromatic heterocycles. The maximum absolute atomic E-state index is 6.08. The summed E-state index contributed by atoms with van der Waals surface area (Å²) in [5.41, 5.74) is 4.73. The highest BCUT2D eigenvalue weighted by Crippen LogP contribution is 2.26. The molecule has 0 spiro atoms. The summed E-state index contributed by atoms with van der Waals surface area (Å²) in [5, 5.41) is 0.724. The summed E-state index contributed by atoms with van der Waals surface area (Å²) < 4.78 is 6.06. The minimum Gasteiger partial charge on any atom is -0.472 e. The van der Waals surface area contributed by atoms with Gasteiger partial charge >= 0.3 is 0 Å². The Hall–Kier alpha value is -0.560. The third-order valence-electron chi connectivity index (χ3n) is 2.32. The molecule has 3 N–H and O–H groups in total. The van der Waals surface area contributed by atoms with Crippen LogP contribution in [0.1, 0.15) is 17.2 Å². The zero-order valence-electron chi connectivity index (χ0n) is 8.28. The lowest BCUT2D eigenvalue weighted by atomic mass is 10.0. The van der Waals surface area contributed by atoms with Gasteiger partial charge in [0.05, 0.1) is 23.6 Å². The summed E-state index contributed by atoms with van der Waals surface area (Å²) in [6.45, 7) is 0. The van der Waals surface area contributed by atoms with Gasteiger partial charge in [-0.05, 0) is 46.4 Å². The third kappa shape index (κ3) is 2.40. The van der Waals surface area contributed by atoms with E-state index >= 15 is 0 Å². The van der Waals surface area contributed by atoms with Crippen molar-refractivity contribution in [3.05, 3.63) is 56.5 Å². The Kier molecular flexibility index (Phi) is 3.86. The highest BCUT2D eigenvalue weighted by atomic mass is 127. The van der Waals surface area contributed by atoms with Gasteiger partial charge in [-0.3, -0.25) is 5.84 Å². The van der Waals surface area contributed by atoms with Crippen molar-refractivity contribution in [1.82, 2.24) is 5.43 Å². The number of hydrazine groups is 1. The van der Waals surface area contributed by atoms with Crippen molar-refractivity contribution in [2.45, 2.75) is 6.04 Å². The Morgan fingerprint density at radius 2 is 2.12 bits per heavy atom. The van der Waals surface area contributed by atoms with Gasteiger partial charge in [0, 0.05) is 9.13 Å². The molecule has 0 radical (unpaired) electrons. The molecule has 2 rings (SSSR count). The second kappa shape index (κ2) is 5.18. The van der Waals surface area contributed by atoms with E-state index in [4.69, 9.17) is 21.9 Å². The zero-order chi connectivity index (χ0) is 11.5. The maximum atomic E-state index is 6.08. The first kappa shape index (κ1) is 11.9. The normalized spacial score (nSPS) is 12.7. The van der Waals surface area contributed by atoms with Gasteiger partial charge in [-0.25, -0.2) is 5.43 Å². The Morgan fingerprint density at radius 1 is 1.31 bits per heavy atom. The number of hydrogen-bond acceptors (Lipinski definition) is 3. The molecule has 0 aliphatic rings. The SMILES string of the molecule is NNC(c1ccoc1)c1ccc(I)c(Cl)c1. The van der Waals surface area contributed by atoms with Gasteiger partial charge in [0.15, 0.2) is 0 Å². The minimum atomic E-state index is -0.103. The van der Waals surface area contributed by atoms with Crippen molar-refractivity contribution >= 4 is 34.2 Å². The van der Waals surface area contributed by atoms with Gasteiger partial charge < -0.3 is 4.42 Å². The molecule has 84 valence electrons. The molecule has 5 heteroatoms. The standard InChI is InChI=1S/C11H10ClIN2O/c12-9-5-7(1-2-10(9)13)11(15-14)8-3-4-16-6-8/h1-6,11,15H,14H2. The number of hydrogen-bond donors (Lipinski definition) is 2. The smallest absolute Gasteiger partial charge is 0.0954 e. The Morgan fingerprint density at radius 3 is 2.69 bits per heavy atom. The van der Waals surface area contributed by atoms with Gasteiger partial charge in [-0.15, -0.1) is 0 Å². The molecule has 2 aromatic rings. The van der Waals surface area contributed by atoms with Crippen LogP contribution in [-0.4, -0.2) is 0 Å². The summed E-state index contributed by atoms with van der Waals surface area (Å²) in [6, 6.07) is 7.62.